The quantitative estimate of drug-likeness (QED) is 0.0218. The zero-order valence-electron chi connectivity index (χ0n) is 40.1. The molecule has 2 aromatic rings. The molecule has 0 spiro atoms. The Kier molecular flexibility index (Phi) is 20.0. The van der Waals surface area contributed by atoms with Gasteiger partial charge in [0.2, 0.25) is 33.4 Å². The fourth-order valence-electron chi connectivity index (χ4n) is 8.62. The second-order valence-corrected chi connectivity index (χ2v) is 19.7. The molecule has 1 atom stereocenters. The predicted molar refractivity (Wildman–Crippen MR) is 261 cm³/mol. The monoisotopic (exact) mass is 930 g/mol. The molecule has 2 aliphatic rings. The number of para-hydroxylation sites is 1. The Morgan fingerprint density at radius 1 is 0.818 bits per heavy atom. The van der Waals surface area contributed by atoms with Crippen molar-refractivity contribution in [2.75, 3.05) is 51.2 Å². The lowest BCUT2D eigenvalue weighted by atomic mass is 9.70. The number of carboxylic acids is 1. The maximum Gasteiger partial charge on any atom is 0.365 e. The lowest BCUT2D eigenvalue weighted by molar-refractivity contribution is -0.448. The number of hydrogen-bond acceptors (Lipinski definition) is 7. The smallest absolute Gasteiger partial charge is 0.365 e. The maximum absolute atomic E-state index is 14.4. The summed E-state index contributed by atoms with van der Waals surface area (Å²) >= 11 is 0. The van der Waals surface area contributed by atoms with Gasteiger partial charge in [0.15, 0.2) is 6.54 Å². The van der Waals surface area contributed by atoms with Gasteiger partial charge in [-0.25, -0.2) is 12.7 Å². The van der Waals surface area contributed by atoms with Gasteiger partial charge in [-0.3, -0.25) is 19.2 Å². The number of carbonyl (C=O) groups is 4. The van der Waals surface area contributed by atoms with Crippen LogP contribution < -0.4 is 20.9 Å². The number of nitrogens with one attached hydrogen (secondary N) is 3. The average Bonchev–Trinajstić information content (AvgIpc) is 3.51. The number of rotatable bonds is 25. The summed E-state index contributed by atoms with van der Waals surface area (Å²) in [5, 5.41) is 29.4. The molecule has 15 heteroatoms. The number of anilines is 1. The normalized spacial score (nSPS) is 18.6. The molecule has 0 saturated heterocycles. The minimum Gasteiger partial charge on any atom is -0.481 e. The van der Waals surface area contributed by atoms with E-state index in [2.05, 4.69) is 72.0 Å². The van der Waals surface area contributed by atoms with E-state index in [0.29, 0.717) is 63.0 Å². The van der Waals surface area contributed by atoms with E-state index >= 15 is 0 Å². The van der Waals surface area contributed by atoms with E-state index in [9.17, 15) is 32.7 Å². The third kappa shape index (κ3) is 13.5. The van der Waals surface area contributed by atoms with Crippen LogP contribution in [0.25, 0.3) is 0 Å². The lowest BCUT2D eigenvalue weighted by Crippen LogP contribution is -2.52. The topological polar surface area (TPSA) is 188 Å². The van der Waals surface area contributed by atoms with Crippen LogP contribution >= 0.6 is 0 Å². The number of unbranched alkanes of at least 4 members (excludes halogenated alkanes) is 3. The molecule has 14 nitrogen and oxygen atoms in total. The van der Waals surface area contributed by atoms with Crippen molar-refractivity contribution in [1.29, 1.82) is 0 Å². The van der Waals surface area contributed by atoms with Gasteiger partial charge in [0.05, 0.1) is 11.0 Å². The number of carboxylic acid groups (broad SMARTS) is 1. The Bertz CT molecular complexity index is 2300. The van der Waals surface area contributed by atoms with Crippen LogP contribution in [0.1, 0.15) is 118 Å². The molecule has 66 heavy (non-hydrogen) atoms. The van der Waals surface area contributed by atoms with Crippen molar-refractivity contribution in [2.45, 2.75) is 122 Å². The predicted octanol–water partition coefficient (Wildman–Crippen LogP) is 7.80. The van der Waals surface area contributed by atoms with E-state index in [1.807, 2.05) is 32.9 Å². The van der Waals surface area contributed by atoms with Crippen molar-refractivity contribution in [3.05, 3.63) is 101 Å². The highest BCUT2D eigenvalue weighted by Gasteiger charge is 2.48. The molecular weight excluding hydrogens is 857 g/mol. The molecule has 1 unspecified atom stereocenters. The summed E-state index contributed by atoms with van der Waals surface area (Å²) in [5.41, 5.74) is 3.63. The van der Waals surface area contributed by atoms with Gasteiger partial charge in [-0.15, -0.1) is 0 Å². The molecule has 4 rings (SSSR count). The number of aliphatic hydroxyl groups excluding tert-OH is 1. The van der Waals surface area contributed by atoms with Crippen molar-refractivity contribution >= 4 is 51.0 Å². The van der Waals surface area contributed by atoms with Crippen LogP contribution in [0.3, 0.4) is 0 Å². The fraction of sp³-hybridized carbons (Fsp3) is 0.510. The Hall–Kier alpha value is -5.54. The molecule has 1 aliphatic carbocycles. The number of amides is 3. The first kappa shape index (κ1) is 53.1. The first-order valence-electron chi connectivity index (χ1n) is 23.6. The third-order valence-corrected chi connectivity index (χ3v) is 14.1. The SMILES string of the molecule is CCCCN1C(=CC=C2C=C(C=CC(O)=[N+](CCC)c3ccc(S(=O)(=O)N(C)CCCC(=O)NCC)cc3)CC(C(=O)NCC)(C(=O)NCCCCCC(=O)O)C2)C(C)(C)c2ccccc21. The molecule has 5 N–H and O–H groups in total. The van der Waals surface area contributed by atoms with Crippen LogP contribution in [-0.2, 0) is 34.6 Å². The largest absolute Gasteiger partial charge is 0.481 e. The third-order valence-electron chi connectivity index (χ3n) is 12.2. The maximum atomic E-state index is 14.4. The van der Waals surface area contributed by atoms with E-state index in [-0.39, 0.29) is 60.9 Å². The van der Waals surface area contributed by atoms with Crippen LogP contribution in [0.15, 0.2) is 101 Å². The fourth-order valence-corrected chi connectivity index (χ4v) is 9.83. The molecule has 0 fully saturated rings. The number of aliphatic hydroxyl groups is 1. The highest BCUT2D eigenvalue weighted by atomic mass is 32.2. The van der Waals surface area contributed by atoms with Crippen LogP contribution in [0.5, 0.6) is 0 Å². The van der Waals surface area contributed by atoms with Gasteiger partial charge in [-0.2, -0.15) is 4.58 Å². The Labute approximate surface area is 392 Å². The Balaban J connectivity index is 1.74. The highest BCUT2D eigenvalue weighted by molar-refractivity contribution is 7.89. The number of aliphatic carboxylic acids is 1. The Morgan fingerprint density at radius 3 is 2.18 bits per heavy atom. The van der Waals surface area contributed by atoms with Gasteiger partial charge in [0.1, 0.15) is 5.41 Å². The molecule has 360 valence electrons. The van der Waals surface area contributed by atoms with Gasteiger partial charge in [0, 0.05) is 88.0 Å². The molecule has 0 radical (unpaired) electrons. The summed E-state index contributed by atoms with van der Waals surface area (Å²) in [6.45, 7) is 14.7. The lowest BCUT2D eigenvalue weighted by Gasteiger charge is -2.35. The second kappa shape index (κ2) is 24.8. The molecular formula is C51H73N6O8S+. The number of allylic oxidation sites excluding steroid dienone is 7. The molecule has 3 amide bonds. The van der Waals surface area contributed by atoms with Crippen LogP contribution in [-0.4, -0.2) is 103 Å². The molecule has 2 aromatic carbocycles. The highest BCUT2D eigenvalue weighted by Crippen LogP contribution is 2.48. The minimum atomic E-state index is -3.84. The van der Waals surface area contributed by atoms with E-state index in [1.165, 1.54) is 34.7 Å². The van der Waals surface area contributed by atoms with Gasteiger partial charge in [-0.1, -0.05) is 70.9 Å². The Morgan fingerprint density at radius 2 is 1.52 bits per heavy atom. The first-order chi connectivity index (χ1) is 31.5. The summed E-state index contributed by atoms with van der Waals surface area (Å²) < 4.78 is 29.7. The van der Waals surface area contributed by atoms with Crippen molar-refractivity contribution < 1.29 is 42.4 Å². The number of nitrogens with zero attached hydrogens (tertiary/aromatic N) is 3. The first-order valence-corrected chi connectivity index (χ1v) is 25.0. The second-order valence-electron chi connectivity index (χ2n) is 17.6. The summed E-state index contributed by atoms with van der Waals surface area (Å²) in [6.07, 6.45) is 14.5. The van der Waals surface area contributed by atoms with Crippen LogP contribution in [0.2, 0.25) is 0 Å². The van der Waals surface area contributed by atoms with Gasteiger partial charge >= 0.3 is 11.9 Å². The summed E-state index contributed by atoms with van der Waals surface area (Å²) in [6, 6.07) is 14.7. The van der Waals surface area contributed by atoms with Gasteiger partial charge in [0.25, 0.3) is 0 Å². The molecule has 0 saturated carbocycles. The zero-order chi connectivity index (χ0) is 48.5. The molecule has 1 heterocycles. The van der Waals surface area contributed by atoms with Crippen molar-refractivity contribution in [3.63, 3.8) is 0 Å². The summed E-state index contributed by atoms with van der Waals surface area (Å²) in [7, 11) is -2.36. The van der Waals surface area contributed by atoms with Gasteiger partial charge in [-0.05, 0) is 99.4 Å². The van der Waals surface area contributed by atoms with Crippen molar-refractivity contribution in [2.24, 2.45) is 5.41 Å². The minimum absolute atomic E-state index is 0.0472. The number of fused-ring (bicyclic) bond motifs is 1. The van der Waals surface area contributed by atoms with E-state index in [0.717, 1.165) is 30.7 Å². The van der Waals surface area contributed by atoms with Crippen LogP contribution in [0, 0.1) is 5.41 Å². The number of sulfonamides is 1. The standard InChI is InChI=1S/C51H72N6O8S/c1-8-12-34-57-43-20-16-15-19-42(43)50(5,6)44(57)29-23-38-35-39(37-51(36-38,48(62)53-11-4)49(63)54-31-17-13-14-22-47(60)61)24-30-46(59)56(32-9-2)40-25-27-41(28-26-40)66(64,65)55(7)33-18-21-45(58)52-10-3/h15-16,19-20,23-30,35H,8-14,17-18,21-22,31-34,36-37H2,1-7H3,(H4,52,53,54,58,60,61,62,63)/p+1. The average molecular weight is 930 g/mol. The van der Waals surface area contributed by atoms with Crippen molar-refractivity contribution in [1.82, 2.24) is 20.3 Å². The molecule has 0 aromatic heterocycles. The van der Waals surface area contributed by atoms with E-state index in [1.54, 1.807) is 28.9 Å². The summed E-state index contributed by atoms with van der Waals surface area (Å²) in [4.78, 5) is 54.0. The van der Waals surface area contributed by atoms with E-state index < -0.39 is 33.2 Å². The number of carbonyl (C=O) groups excluding carboxylic acids is 3. The van der Waals surface area contributed by atoms with E-state index in [4.69, 9.17) is 5.11 Å². The van der Waals surface area contributed by atoms with Gasteiger partial charge < -0.3 is 31.1 Å². The molecule has 1 aliphatic heterocycles. The summed E-state index contributed by atoms with van der Waals surface area (Å²) in [5.74, 6) is -1.94. The van der Waals surface area contributed by atoms with Crippen LogP contribution in [0.4, 0.5) is 11.4 Å². The zero-order valence-corrected chi connectivity index (χ0v) is 40.9. The number of hydrogen-bond donors (Lipinski definition) is 5. The van der Waals surface area contributed by atoms with Crippen molar-refractivity contribution in [3.8, 4) is 0 Å². The number of benzene rings is 2. The molecule has 0 bridgehead atoms.